The molecule has 0 spiro atoms. The third kappa shape index (κ3) is 4.03. The lowest BCUT2D eigenvalue weighted by molar-refractivity contribution is 0.157. The molecule has 18 heavy (non-hydrogen) atoms. The van der Waals surface area contributed by atoms with Crippen LogP contribution in [0.5, 0.6) is 5.75 Å². The molecule has 6 nitrogen and oxygen atoms in total. The molecule has 1 heterocycles. The van der Waals surface area contributed by atoms with Crippen molar-refractivity contribution >= 4 is 11.6 Å². The fourth-order valence-corrected chi connectivity index (χ4v) is 1.50. The molecule has 0 aromatic carbocycles. The van der Waals surface area contributed by atoms with Crippen molar-refractivity contribution in [2.45, 2.75) is 20.3 Å². The first-order valence-corrected chi connectivity index (χ1v) is 5.87. The molecule has 0 aliphatic heterocycles. The number of nitrogen functional groups attached to an aromatic ring is 1. The van der Waals surface area contributed by atoms with Gasteiger partial charge in [-0.3, -0.25) is 0 Å². The number of aromatic nitrogens is 2. The lowest BCUT2D eigenvalue weighted by Crippen LogP contribution is -2.25. The van der Waals surface area contributed by atoms with Crippen LogP contribution in [0, 0.1) is 5.41 Å². The molecule has 102 valence electrons. The van der Waals surface area contributed by atoms with Gasteiger partial charge in [-0.05, 0) is 11.8 Å². The lowest BCUT2D eigenvalue weighted by Gasteiger charge is -2.25. The van der Waals surface area contributed by atoms with Crippen molar-refractivity contribution in [3.05, 3.63) is 6.33 Å². The number of anilines is 2. The molecule has 0 bridgehead atoms. The maximum atomic E-state index is 5.72. The molecule has 3 N–H and O–H groups in total. The average Bonchev–Trinajstić information content (AvgIpc) is 2.34. The van der Waals surface area contributed by atoms with Crippen LogP contribution in [0.1, 0.15) is 20.3 Å². The maximum absolute atomic E-state index is 5.72. The van der Waals surface area contributed by atoms with Gasteiger partial charge in [0, 0.05) is 20.3 Å². The average molecular weight is 254 g/mol. The second-order valence-corrected chi connectivity index (χ2v) is 4.90. The summed E-state index contributed by atoms with van der Waals surface area (Å²) in [6.07, 6.45) is 2.38. The predicted molar refractivity (Wildman–Crippen MR) is 71.8 cm³/mol. The van der Waals surface area contributed by atoms with E-state index in [2.05, 4.69) is 29.1 Å². The summed E-state index contributed by atoms with van der Waals surface area (Å²) in [5, 5.41) is 3.24. The molecule has 1 aromatic rings. The first-order valence-electron chi connectivity index (χ1n) is 5.87. The summed E-state index contributed by atoms with van der Waals surface area (Å²) in [6, 6.07) is 0. The fraction of sp³-hybridized carbons (Fsp3) is 0.667. The van der Waals surface area contributed by atoms with E-state index in [1.165, 1.54) is 6.33 Å². The van der Waals surface area contributed by atoms with E-state index in [1.54, 1.807) is 14.2 Å². The molecular weight excluding hydrogens is 232 g/mol. The largest absolute Gasteiger partial charge is 0.490 e. The van der Waals surface area contributed by atoms with Gasteiger partial charge in [0.15, 0.2) is 11.6 Å². The van der Waals surface area contributed by atoms with Crippen LogP contribution in [0.25, 0.3) is 0 Å². The van der Waals surface area contributed by atoms with Crippen molar-refractivity contribution < 1.29 is 9.47 Å². The first-order chi connectivity index (χ1) is 8.50. The van der Waals surface area contributed by atoms with Gasteiger partial charge in [-0.2, -0.15) is 0 Å². The summed E-state index contributed by atoms with van der Waals surface area (Å²) >= 11 is 0. The smallest absolute Gasteiger partial charge is 0.203 e. The molecule has 0 atom stereocenters. The van der Waals surface area contributed by atoms with Crippen molar-refractivity contribution in [3.8, 4) is 5.75 Å². The van der Waals surface area contributed by atoms with E-state index in [-0.39, 0.29) is 5.41 Å². The number of nitrogens with one attached hydrogen (secondary N) is 1. The third-order valence-electron chi connectivity index (χ3n) is 2.75. The molecule has 0 saturated carbocycles. The Morgan fingerprint density at radius 3 is 2.67 bits per heavy atom. The predicted octanol–water partition coefficient (Wildman–Crippen LogP) is 1.54. The van der Waals surface area contributed by atoms with Gasteiger partial charge in [0.25, 0.3) is 0 Å². The standard InChI is InChI=1S/C12H22N4O2/c1-12(2,5-6-17-3)7-14-11-9(18-4)10(13)15-8-16-11/h8H,5-7H2,1-4H3,(H3,13,14,15,16). The molecule has 6 heteroatoms. The van der Waals surface area contributed by atoms with Gasteiger partial charge < -0.3 is 20.5 Å². The Bertz CT molecular complexity index is 382. The second kappa shape index (κ2) is 6.39. The summed E-state index contributed by atoms with van der Waals surface area (Å²) < 4.78 is 10.3. The molecule has 0 amide bonds. The molecule has 1 rings (SSSR count). The maximum Gasteiger partial charge on any atom is 0.203 e. The van der Waals surface area contributed by atoms with Gasteiger partial charge in [0.1, 0.15) is 6.33 Å². The van der Waals surface area contributed by atoms with E-state index in [9.17, 15) is 0 Å². The summed E-state index contributed by atoms with van der Waals surface area (Å²) in [6.45, 7) is 5.81. The summed E-state index contributed by atoms with van der Waals surface area (Å²) in [5.74, 6) is 1.44. The Kier molecular flexibility index (Phi) is 5.15. The topological polar surface area (TPSA) is 82.3 Å². The van der Waals surface area contributed by atoms with E-state index in [4.69, 9.17) is 15.2 Å². The van der Waals surface area contributed by atoms with Crippen LogP contribution in [0.4, 0.5) is 11.6 Å². The number of rotatable bonds is 7. The Morgan fingerprint density at radius 1 is 1.33 bits per heavy atom. The van der Waals surface area contributed by atoms with Crippen molar-refractivity contribution in [1.29, 1.82) is 0 Å². The number of hydrogen-bond donors (Lipinski definition) is 2. The van der Waals surface area contributed by atoms with E-state index in [0.717, 1.165) is 19.6 Å². The summed E-state index contributed by atoms with van der Waals surface area (Å²) in [4.78, 5) is 8.02. The van der Waals surface area contributed by atoms with E-state index in [0.29, 0.717) is 17.4 Å². The monoisotopic (exact) mass is 254 g/mol. The Balaban J connectivity index is 2.65. The van der Waals surface area contributed by atoms with Gasteiger partial charge in [0.05, 0.1) is 7.11 Å². The molecule has 0 saturated heterocycles. The van der Waals surface area contributed by atoms with Crippen molar-refractivity contribution in [2.24, 2.45) is 5.41 Å². The number of methoxy groups -OCH3 is 2. The Hall–Kier alpha value is -1.56. The molecule has 0 unspecified atom stereocenters. The van der Waals surface area contributed by atoms with Crippen molar-refractivity contribution in [2.75, 3.05) is 38.4 Å². The van der Waals surface area contributed by atoms with E-state index < -0.39 is 0 Å². The third-order valence-corrected chi connectivity index (χ3v) is 2.75. The Morgan fingerprint density at radius 2 is 2.06 bits per heavy atom. The summed E-state index contributed by atoms with van der Waals surface area (Å²) in [5.41, 5.74) is 5.81. The quantitative estimate of drug-likeness (QED) is 0.768. The van der Waals surface area contributed by atoms with Gasteiger partial charge in [-0.1, -0.05) is 13.8 Å². The molecule has 0 aliphatic carbocycles. The van der Waals surface area contributed by atoms with Gasteiger partial charge >= 0.3 is 0 Å². The van der Waals surface area contributed by atoms with Crippen LogP contribution >= 0.6 is 0 Å². The van der Waals surface area contributed by atoms with E-state index in [1.807, 2.05) is 0 Å². The van der Waals surface area contributed by atoms with Gasteiger partial charge in [-0.25, -0.2) is 9.97 Å². The SMILES string of the molecule is COCCC(C)(C)CNc1ncnc(N)c1OC. The van der Waals surface area contributed by atoms with E-state index >= 15 is 0 Å². The van der Waals surface area contributed by atoms with Crippen molar-refractivity contribution in [3.63, 3.8) is 0 Å². The highest BCUT2D eigenvalue weighted by Gasteiger charge is 2.19. The zero-order valence-electron chi connectivity index (χ0n) is 11.5. The number of hydrogen-bond acceptors (Lipinski definition) is 6. The normalized spacial score (nSPS) is 11.3. The molecule has 1 aromatic heterocycles. The molecule has 0 fully saturated rings. The minimum absolute atomic E-state index is 0.0979. The minimum Gasteiger partial charge on any atom is -0.490 e. The highest BCUT2D eigenvalue weighted by atomic mass is 16.5. The highest BCUT2D eigenvalue weighted by molar-refractivity contribution is 5.61. The van der Waals surface area contributed by atoms with Crippen LogP contribution in [0.2, 0.25) is 0 Å². The van der Waals surface area contributed by atoms with Crippen LogP contribution < -0.4 is 15.8 Å². The summed E-state index contributed by atoms with van der Waals surface area (Å²) in [7, 11) is 3.26. The zero-order valence-corrected chi connectivity index (χ0v) is 11.5. The molecule has 0 aliphatic rings. The van der Waals surface area contributed by atoms with Gasteiger partial charge in [0.2, 0.25) is 5.75 Å². The molecule has 0 radical (unpaired) electrons. The number of nitrogens with zero attached hydrogens (tertiary/aromatic N) is 2. The lowest BCUT2D eigenvalue weighted by atomic mass is 9.90. The minimum atomic E-state index is 0.0979. The van der Waals surface area contributed by atoms with Crippen LogP contribution in [-0.4, -0.2) is 37.3 Å². The Labute approximate surface area is 108 Å². The van der Waals surface area contributed by atoms with Crippen LogP contribution in [-0.2, 0) is 4.74 Å². The molecular formula is C12H22N4O2. The highest BCUT2D eigenvalue weighted by Crippen LogP contribution is 2.28. The number of nitrogens with two attached hydrogens (primary N) is 1. The first kappa shape index (κ1) is 14.5. The van der Waals surface area contributed by atoms with Gasteiger partial charge in [-0.15, -0.1) is 0 Å². The van der Waals surface area contributed by atoms with Crippen LogP contribution in [0.15, 0.2) is 6.33 Å². The van der Waals surface area contributed by atoms with Crippen molar-refractivity contribution in [1.82, 2.24) is 9.97 Å². The zero-order chi connectivity index (χ0) is 13.6. The second-order valence-electron chi connectivity index (χ2n) is 4.90. The fourth-order valence-electron chi connectivity index (χ4n) is 1.50. The number of ether oxygens (including phenoxy) is 2. The van der Waals surface area contributed by atoms with Crippen LogP contribution in [0.3, 0.4) is 0 Å².